The second-order valence-corrected chi connectivity index (χ2v) is 7.58. The van der Waals surface area contributed by atoms with Gasteiger partial charge >= 0.3 is 0 Å². The van der Waals surface area contributed by atoms with Crippen molar-refractivity contribution in [2.75, 3.05) is 5.32 Å². The molecule has 0 aliphatic carbocycles. The molecule has 0 spiro atoms. The smallest absolute Gasteiger partial charge is 0.266 e. The molecule has 142 valence electrons. The fourth-order valence-electron chi connectivity index (χ4n) is 3.18. The van der Waals surface area contributed by atoms with Crippen LogP contribution in [0.25, 0.3) is 22.3 Å². The molecule has 0 aliphatic heterocycles. The zero-order valence-corrected chi connectivity index (χ0v) is 16.8. The van der Waals surface area contributed by atoms with Gasteiger partial charge in [0.15, 0.2) is 4.96 Å². The van der Waals surface area contributed by atoms with Crippen LogP contribution < -0.4 is 5.32 Å². The number of aryl methyl sites for hydroxylation is 2. The fraction of sp³-hybridized carbons (Fsp3) is 0.0870. The number of thiazole rings is 1. The molecule has 4 aromatic rings. The molecule has 0 atom stereocenters. The van der Waals surface area contributed by atoms with Gasteiger partial charge in [-0.25, -0.2) is 4.98 Å². The number of carbonyl (C=O) groups excluding carboxylic acids is 1. The first-order valence-electron chi connectivity index (χ1n) is 9.08. The molecule has 0 bridgehead atoms. The molecule has 2 heterocycles. The zero-order valence-electron chi connectivity index (χ0n) is 16.0. The van der Waals surface area contributed by atoms with E-state index in [1.807, 2.05) is 84.4 Å². The summed E-state index contributed by atoms with van der Waals surface area (Å²) >= 11 is 1.51. The minimum Gasteiger partial charge on any atom is -0.321 e. The van der Waals surface area contributed by atoms with Gasteiger partial charge in [0, 0.05) is 22.8 Å². The number of imidazole rings is 1. The molecular weight excluding hydrogens is 380 g/mol. The third kappa shape index (κ3) is 3.68. The molecule has 6 heteroatoms. The number of hydrogen-bond acceptors (Lipinski definition) is 4. The van der Waals surface area contributed by atoms with Crippen LogP contribution in [-0.2, 0) is 4.79 Å². The molecule has 1 amide bonds. The summed E-state index contributed by atoms with van der Waals surface area (Å²) in [4.78, 5) is 18.3. The molecule has 5 nitrogen and oxygen atoms in total. The van der Waals surface area contributed by atoms with Crippen LogP contribution in [0, 0.1) is 25.2 Å². The van der Waals surface area contributed by atoms with Gasteiger partial charge in [0.2, 0.25) is 0 Å². The minimum atomic E-state index is -0.441. The lowest BCUT2D eigenvalue weighted by Gasteiger charge is -2.08. The highest BCUT2D eigenvalue weighted by atomic mass is 32.1. The molecule has 0 saturated heterocycles. The molecule has 4 rings (SSSR count). The van der Waals surface area contributed by atoms with Crippen molar-refractivity contribution in [1.29, 1.82) is 5.26 Å². The minimum absolute atomic E-state index is 0.0233. The Morgan fingerprint density at radius 1 is 1.21 bits per heavy atom. The van der Waals surface area contributed by atoms with E-state index in [1.54, 1.807) is 6.08 Å². The van der Waals surface area contributed by atoms with E-state index in [1.165, 1.54) is 11.3 Å². The van der Waals surface area contributed by atoms with Gasteiger partial charge in [-0.2, -0.15) is 5.26 Å². The van der Waals surface area contributed by atoms with Gasteiger partial charge in [0.05, 0.1) is 11.4 Å². The fourth-order valence-corrected chi connectivity index (χ4v) is 3.90. The highest BCUT2D eigenvalue weighted by Crippen LogP contribution is 2.28. The van der Waals surface area contributed by atoms with Crippen molar-refractivity contribution >= 4 is 34.0 Å². The Labute approximate surface area is 172 Å². The van der Waals surface area contributed by atoms with Crippen LogP contribution in [-0.4, -0.2) is 15.3 Å². The normalized spacial score (nSPS) is 11.4. The molecule has 0 aliphatic rings. The predicted octanol–water partition coefficient (Wildman–Crippen LogP) is 5.23. The van der Waals surface area contributed by atoms with Crippen molar-refractivity contribution in [3.63, 3.8) is 0 Å². The number of rotatable bonds is 4. The topological polar surface area (TPSA) is 70.2 Å². The first-order chi connectivity index (χ1) is 14.1. The number of aromatic nitrogens is 2. The Bertz CT molecular complexity index is 1280. The lowest BCUT2D eigenvalue weighted by Crippen LogP contribution is -2.14. The van der Waals surface area contributed by atoms with Gasteiger partial charge in [-0.15, -0.1) is 11.3 Å². The molecule has 2 aromatic carbocycles. The maximum atomic E-state index is 12.8. The number of nitriles is 1. The van der Waals surface area contributed by atoms with Crippen LogP contribution in [0.1, 0.15) is 16.8 Å². The lowest BCUT2D eigenvalue weighted by molar-refractivity contribution is -0.112. The number of hydrogen-bond donors (Lipinski definition) is 1. The Hall–Kier alpha value is -3.69. The monoisotopic (exact) mass is 398 g/mol. The standard InChI is InChI=1S/C23H18N4OS/c1-15-8-9-19(16(2)12-15)25-22(28)18(14-24)13-20-21(17-6-4-3-5-7-17)26-23-27(20)10-11-29-23/h3-13H,1-2H3,(H,25,28)/b18-13+. The molecule has 0 fully saturated rings. The van der Waals surface area contributed by atoms with E-state index in [0.717, 1.165) is 27.3 Å². The van der Waals surface area contributed by atoms with Gasteiger partial charge < -0.3 is 5.32 Å². The summed E-state index contributed by atoms with van der Waals surface area (Å²) in [5.74, 6) is -0.441. The van der Waals surface area contributed by atoms with Crippen molar-refractivity contribution in [2.45, 2.75) is 13.8 Å². The van der Waals surface area contributed by atoms with Crippen molar-refractivity contribution < 1.29 is 4.79 Å². The molecule has 2 aromatic heterocycles. The van der Waals surface area contributed by atoms with Crippen LogP contribution >= 0.6 is 11.3 Å². The van der Waals surface area contributed by atoms with Crippen LogP contribution in [0.2, 0.25) is 0 Å². The van der Waals surface area contributed by atoms with Crippen molar-refractivity contribution in [3.05, 3.63) is 82.5 Å². The van der Waals surface area contributed by atoms with Crippen LogP contribution in [0.15, 0.2) is 65.7 Å². The third-order valence-electron chi connectivity index (χ3n) is 4.62. The quantitative estimate of drug-likeness (QED) is 0.378. The van der Waals surface area contributed by atoms with E-state index in [2.05, 4.69) is 5.32 Å². The van der Waals surface area contributed by atoms with Gasteiger partial charge in [-0.05, 0) is 31.6 Å². The molecular formula is C23H18N4OS. The van der Waals surface area contributed by atoms with Gasteiger partial charge in [0.25, 0.3) is 5.91 Å². The van der Waals surface area contributed by atoms with E-state index in [0.29, 0.717) is 11.4 Å². The summed E-state index contributed by atoms with van der Waals surface area (Å²) in [7, 11) is 0. The van der Waals surface area contributed by atoms with Crippen molar-refractivity contribution in [2.24, 2.45) is 0 Å². The molecule has 0 saturated carbocycles. The first kappa shape index (κ1) is 18.7. The predicted molar refractivity (Wildman–Crippen MR) is 117 cm³/mol. The number of nitrogens with zero attached hydrogens (tertiary/aromatic N) is 3. The highest BCUT2D eigenvalue weighted by molar-refractivity contribution is 7.15. The van der Waals surface area contributed by atoms with E-state index in [-0.39, 0.29) is 5.57 Å². The summed E-state index contributed by atoms with van der Waals surface area (Å²) in [5, 5.41) is 14.4. The summed E-state index contributed by atoms with van der Waals surface area (Å²) in [6.07, 6.45) is 3.50. The number of carbonyl (C=O) groups is 1. The zero-order chi connectivity index (χ0) is 20.4. The Morgan fingerprint density at radius 3 is 2.72 bits per heavy atom. The van der Waals surface area contributed by atoms with Gasteiger partial charge in [0.1, 0.15) is 11.6 Å². The average Bonchev–Trinajstić information content (AvgIpc) is 3.31. The molecule has 29 heavy (non-hydrogen) atoms. The number of anilines is 1. The van der Waals surface area contributed by atoms with Crippen molar-refractivity contribution in [1.82, 2.24) is 9.38 Å². The van der Waals surface area contributed by atoms with Crippen molar-refractivity contribution in [3.8, 4) is 17.3 Å². The summed E-state index contributed by atoms with van der Waals surface area (Å²) < 4.78 is 1.90. The van der Waals surface area contributed by atoms with E-state index in [4.69, 9.17) is 4.98 Å². The number of nitrogens with one attached hydrogen (secondary N) is 1. The number of fused-ring (bicyclic) bond motifs is 1. The van der Waals surface area contributed by atoms with E-state index < -0.39 is 5.91 Å². The average molecular weight is 398 g/mol. The Morgan fingerprint density at radius 2 is 2.00 bits per heavy atom. The van der Waals surface area contributed by atoms with Gasteiger partial charge in [-0.1, -0.05) is 48.0 Å². The molecule has 1 N–H and O–H groups in total. The summed E-state index contributed by atoms with van der Waals surface area (Å²) in [6, 6.07) is 17.6. The lowest BCUT2D eigenvalue weighted by atomic mass is 10.1. The maximum Gasteiger partial charge on any atom is 0.266 e. The Balaban J connectivity index is 1.75. The number of benzene rings is 2. The van der Waals surface area contributed by atoms with Gasteiger partial charge in [-0.3, -0.25) is 9.20 Å². The van der Waals surface area contributed by atoms with Crippen LogP contribution in [0.3, 0.4) is 0 Å². The van der Waals surface area contributed by atoms with Crippen LogP contribution in [0.4, 0.5) is 5.69 Å². The highest BCUT2D eigenvalue weighted by Gasteiger charge is 2.17. The SMILES string of the molecule is Cc1ccc(NC(=O)/C(C#N)=C/c2c(-c3ccccc3)nc3sccn23)c(C)c1. The molecule has 0 radical (unpaired) electrons. The van der Waals surface area contributed by atoms with E-state index in [9.17, 15) is 10.1 Å². The number of amides is 1. The van der Waals surface area contributed by atoms with Crippen LogP contribution in [0.5, 0.6) is 0 Å². The summed E-state index contributed by atoms with van der Waals surface area (Å²) in [5.41, 5.74) is 5.16. The first-order valence-corrected chi connectivity index (χ1v) is 9.96. The van der Waals surface area contributed by atoms with E-state index >= 15 is 0 Å². The summed E-state index contributed by atoms with van der Waals surface area (Å²) in [6.45, 7) is 3.92. The second kappa shape index (κ2) is 7.74. The Kier molecular flexibility index (Phi) is 4.98. The maximum absolute atomic E-state index is 12.8. The second-order valence-electron chi connectivity index (χ2n) is 6.71. The molecule has 0 unspecified atom stereocenters. The largest absolute Gasteiger partial charge is 0.321 e. The third-order valence-corrected chi connectivity index (χ3v) is 5.38.